The molecule has 6 atom stereocenters. The molecule has 0 radical (unpaired) electrons. The highest BCUT2D eigenvalue weighted by Gasteiger charge is 2.44. The molecule has 11 rings (SSSR count). The van der Waals surface area contributed by atoms with Gasteiger partial charge in [0.2, 0.25) is 23.5 Å². The van der Waals surface area contributed by atoms with E-state index < -0.39 is 18.1 Å². The Bertz CT molecular complexity index is 3320. The topological polar surface area (TPSA) is 258 Å². The molecular formula is C57H61N13O8. The number of pyridine rings is 1. The minimum absolute atomic E-state index is 0.0123. The first-order valence-corrected chi connectivity index (χ1v) is 26.4. The van der Waals surface area contributed by atoms with Crippen LogP contribution in [-0.4, -0.2) is 129 Å². The van der Waals surface area contributed by atoms with Crippen molar-refractivity contribution in [3.05, 3.63) is 127 Å². The minimum atomic E-state index is -0.871. The number of imidazole rings is 1. The number of nitrogens with one attached hydrogen (secondary N) is 1. The van der Waals surface area contributed by atoms with Crippen molar-refractivity contribution >= 4 is 29.0 Å². The molecule has 7 aromatic rings. The summed E-state index contributed by atoms with van der Waals surface area (Å²) >= 11 is 0. The molecular weight excluding hydrogens is 995 g/mol. The van der Waals surface area contributed by atoms with Gasteiger partial charge in [0.1, 0.15) is 35.7 Å². The third-order valence-electron chi connectivity index (χ3n) is 15.0. The highest BCUT2D eigenvalue weighted by atomic mass is 16.5. The van der Waals surface area contributed by atoms with Crippen molar-refractivity contribution in [1.29, 1.82) is 0 Å². The number of nitrogens with zero attached hydrogens (tertiary/aromatic N) is 11. The summed E-state index contributed by atoms with van der Waals surface area (Å²) < 4.78 is 25.8. The van der Waals surface area contributed by atoms with E-state index in [1.807, 2.05) is 93.1 Å². The number of aromatic nitrogens is 8. The summed E-state index contributed by atoms with van der Waals surface area (Å²) in [7, 11) is 0. The van der Waals surface area contributed by atoms with E-state index in [-0.39, 0.29) is 90.9 Å². The van der Waals surface area contributed by atoms with E-state index in [1.54, 1.807) is 43.0 Å². The molecule has 3 aliphatic heterocycles. The molecule has 402 valence electrons. The molecule has 4 fully saturated rings. The summed E-state index contributed by atoms with van der Waals surface area (Å²) in [6.07, 6.45) is 11.2. The van der Waals surface area contributed by atoms with E-state index in [2.05, 4.69) is 62.2 Å². The molecule has 78 heavy (non-hydrogen) atoms. The number of β-amino-alcohol motifs (C(OH)–C–C–N with tert-alkyl or cyclic N) is 1. The highest BCUT2D eigenvalue weighted by molar-refractivity contribution is 5.91. The maximum absolute atomic E-state index is 14.2. The zero-order chi connectivity index (χ0) is 54.0. The number of benzene rings is 2. The normalized spacial score (nSPS) is 21.3. The Balaban J connectivity index is 0.627. The molecule has 21 heteroatoms. The predicted molar refractivity (Wildman–Crippen MR) is 287 cm³/mol. The Morgan fingerprint density at radius 1 is 0.859 bits per heavy atom. The summed E-state index contributed by atoms with van der Waals surface area (Å²) in [5, 5.41) is 36.7. The number of aliphatic hydroxyl groups is 1. The van der Waals surface area contributed by atoms with Crippen molar-refractivity contribution < 1.29 is 38.5 Å². The number of carbonyl (C=O) groups excluding carboxylic acids is 2. The SMILES string of the molecule is Cc1nccn1-c1ccc([C@H](C)NC(=O)[C@@H]2C[C@@H](O)CN2C(=O)[C@@H](c2cc(OCC#Cc3ncc(OC4CC(Oc5cc(N6C7CC[C@@H]6CN(c6cc(-c8ccccc8O)nnc6N)C7)ccn5)C4)cn3)no2)C(C)C)cc1. The van der Waals surface area contributed by atoms with Crippen molar-refractivity contribution in [2.75, 3.05) is 41.8 Å². The Labute approximate surface area is 450 Å². The first-order valence-electron chi connectivity index (χ1n) is 26.4. The molecule has 1 aliphatic carbocycles. The van der Waals surface area contributed by atoms with Crippen LogP contribution in [0.2, 0.25) is 0 Å². The quantitative estimate of drug-likeness (QED) is 0.0815. The van der Waals surface area contributed by atoms with E-state index >= 15 is 0 Å². The number of aliphatic hydroxyl groups excluding tert-OH is 1. The van der Waals surface area contributed by atoms with Crippen LogP contribution in [0.15, 0.2) is 108 Å². The molecule has 2 aromatic carbocycles. The number of nitrogen functional groups attached to an aromatic ring is 1. The number of anilines is 3. The molecule has 5 aromatic heterocycles. The van der Waals surface area contributed by atoms with Gasteiger partial charge < -0.3 is 59.3 Å². The number of nitrogens with two attached hydrogens (primary N) is 1. The zero-order valence-corrected chi connectivity index (χ0v) is 43.7. The average Bonchev–Trinajstić information content (AvgIpc) is 4.28. The van der Waals surface area contributed by atoms with Gasteiger partial charge in [-0.15, -0.1) is 10.2 Å². The molecule has 5 N–H and O–H groups in total. The zero-order valence-electron chi connectivity index (χ0n) is 43.7. The number of likely N-dealkylation sites (tertiary alicyclic amines) is 1. The van der Waals surface area contributed by atoms with Gasteiger partial charge in [-0.3, -0.25) is 9.59 Å². The van der Waals surface area contributed by atoms with Gasteiger partial charge in [0, 0.05) is 98.6 Å². The molecule has 4 aliphatic rings. The maximum Gasteiger partial charge on any atom is 0.255 e. The number of rotatable bonds is 16. The van der Waals surface area contributed by atoms with Crippen LogP contribution in [-0.2, 0) is 9.59 Å². The van der Waals surface area contributed by atoms with Crippen molar-refractivity contribution in [3.63, 3.8) is 0 Å². The van der Waals surface area contributed by atoms with Gasteiger partial charge in [-0.2, -0.15) is 0 Å². The number of amides is 2. The number of hydrogen-bond donors (Lipinski definition) is 4. The Kier molecular flexibility index (Phi) is 14.5. The second-order valence-corrected chi connectivity index (χ2v) is 20.7. The largest absolute Gasteiger partial charge is 0.507 e. The van der Waals surface area contributed by atoms with Crippen LogP contribution >= 0.6 is 0 Å². The lowest BCUT2D eigenvalue weighted by Crippen LogP contribution is -2.54. The lowest BCUT2D eigenvalue weighted by atomic mass is 9.91. The number of fused-ring (bicyclic) bond motifs is 2. The summed E-state index contributed by atoms with van der Waals surface area (Å²) in [6, 6.07) is 21.7. The molecule has 3 saturated heterocycles. The fourth-order valence-corrected chi connectivity index (χ4v) is 11.0. The summed E-state index contributed by atoms with van der Waals surface area (Å²) in [5.41, 5.74) is 11.3. The van der Waals surface area contributed by atoms with E-state index in [0.29, 0.717) is 41.5 Å². The number of phenolic OH excluding ortho intramolecular Hbond substituents is 1. The van der Waals surface area contributed by atoms with Gasteiger partial charge >= 0.3 is 0 Å². The monoisotopic (exact) mass is 1060 g/mol. The van der Waals surface area contributed by atoms with Crippen LogP contribution in [0.3, 0.4) is 0 Å². The van der Waals surface area contributed by atoms with E-state index in [4.69, 9.17) is 24.5 Å². The van der Waals surface area contributed by atoms with Crippen molar-refractivity contribution in [1.82, 2.24) is 50.1 Å². The van der Waals surface area contributed by atoms with Crippen molar-refractivity contribution in [2.45, 2.75) is 108 Å². The fourth-order valence-electron chi connectivity index (χ4n) is 11.0. The van der Waals surface area contributed by atoms with Gasteiger partial charge in [0.15, 0.2) is 23.9 Å². The smallest absolute Gasteiger partial charge is 0.255 e. The Morgan fingerprint density at radius 3 is 2.35 bits per heavy atom. The van der Waals surface area contributed by atoms with Gasteiger partial charge in [-0.1, -0.05) is 44.0 Å². The van der Waals surface area contributed by atoms with E-state index in [9.17, 15) is 19.8 Å². The maximum atomic E-state index is 14.2. The highest BCUT2D eigenvalue weighted by Crippen LogP contribution is 2.40. The standard InChI is InChI=1S/C57H61N13O8/c1-33(2)54(57(74)69-32-41(71)23-48(69)56(73)63-34(3)36-11-13-37(14-12-36)68-20-19-59-35(68)4)50-27-53(66-78-50)75-21-7-10-51-61-28-44(29-62-51)76-42-24-43(25-42)77-52-22-38(17-18-60-52)70-39-15-16-40(70)31-67(30-39)47-26-46(64-65-55(47)58)45-8-5-6-9-49(45)72/h5-6,8-9,11-14,17-20,22,26-29,33-34,39-43,48,54,71-72H,15-16,21,23-25,30-32H2,1-4H3,(H2,58,65)(H,63,73)/t34-,39+,40?,41+,42?,43?,48-,54+/m0/s1. The van der Waals surface area contributed by atoms with Gasteiger partial charge in [0.25, 0.3) is 5.88 Å². The summed E-state index contributed by atoms with van der Waals surface area (Å²) in [6.45, 7) is 9.06. The number of aryl methyl sites for hydroxylation is 1. The first-order chi connectivity index (χ1) is 37.8. The van der Waals surface area contributed by atoms with E-state index in [1.165, 1.54) is 4.90 Å². The fraction of sp³-hybridized carbons (Fsp3) is 0.386. The Hall–Kier alpha value is -8.77. The number of phenols is 1. The number of carbonyl (C=O) groups is 2. The third kappa shape index (κ3) is 10.9. The lowest BCUT2D eigenvalue weighted by Gasteiger charge is -2.43. The molecule has 8 heterocycles. The van der Waals surface area contributed by atoms with Crippen LogP contribution in [0.5, 0.6) is 23.3 Å². The molecule has 2 amide bonds. The van der Waals surface area contributed by atoms with Crippen molar-refractivity contribution in [3.8, 4) is 52.0 Å². The molecule has 2 bridgehead atoms. The van der Waals surface area contributed by atoms with Crippen LogP contribution < -0.4 is 35.1 Å². The third-order valence-corrected chi connectivity index (χ3v) is 15.0. The number of ether oxygens (including phenoxy) is 3. The van der Waals surface area contributed by atoms with Crippen LogP contribution in [0.25, 0.3) is 16.9 Å². The van der Waals surface area contributed by atoms with Crippen LogP contribution in [0.1, 0.15) is 87.8 Å². The predicted octanol–water partition coefficient (Wildman–Crippen LogP) is 5.95. The molecule has 1 unspecified atom stereocenters. The average molecular weight is 1060 g/mol. The molecule has 0 spiro atoms. The summed E-state index contributed by atoms with van der Waals surface area (Å²) in [5.74, 6) is 7.21. The van der Waals surface area contributed by atoms with Gasteiger partial charge in [-0.05, 0) is 85.6 Å². The van der Waals surface area contributed by atoms with Crippen molar-refractivity contribution in [2.24, 2.45) is 5.92 Å². The second kappa shape index (κ2) is 22.1. The summed E-state index contributed by atoms with van der Waals surface area (Å²) in [4.78, 5) is 51.6. The second-order valence-electron chi connectivity index (χ2n) is 20.7. The first kappa shape index (κ1) is 51.3. The number of para-hydroxylation sites is 1. The number of piperazine rings is 1. The van der Waals surface area contributed by atoms with E-state index in [0.717, 1.165) is 54.4 Å². The van der Waals surface area contributed by atoms with Crippen LogP contribution in [0, 0.1) is 24.7 Å². The lowest BCUT2D eigenvalue weighted by molar-refractivity contribution is -0.141. The van der Waals surface area contributed by atoms with Gasteiger partial charge in [0.05, 0.1) is 35.9 Å². The van der Waals surface area contributed by atoms with Gasteiger partial charge in [-0.25, -0.2) is 19.9 Å². The molecule has 1 saturated carbocycles. The number of hydrogen-bond acceptors (Lipinski definition) is 18. The minimum Gasteiger partial charge on any atom is -0.507 e. The van der Waals surface area contributed by atoms with Crippen LogP contribution in [0.4, 0.5) is 17.2 Å². The Morgan fingerprint density at radius 2 is 1.62 bits per heavy atom. The number of aromatic hydroxyl groups is 1. The molecule has 21 nitrogen and oxygen atoms in total.